The fourth-order valence-corrected chi connectivity index (χ4v) is 4.90. The lowest BCUT2D eigenvalue weighted by atomic mass is 9.95. The Morgan fingerprint density at radius 3 is 2.76 bits per heavy atom. The summed E-state index contributed by atoms with van der Waals surface area (Å²) in [4.78, 5) is 0.240. The molecular formula is C14H21BrN2O3S. The summed E-state index contributed by atoms with van der Waals surface area (Å²) in [5, 5.41) is 0. The van der Waals surface area contributed by atoms with Crippen LogP contribution >= 0.6 is 15.9 Å². The second-order valence-corrected chi connectivity index (χ2v) is 8.42. The van der Waals surface area contributed by atoms with Gasteiger partial charge in [0.2, 0.25) is 10.0 Å². The number of ether oxygens (including phenoxy) is 1. The molecule has 0 spiro atoms. The van der Waals surface area contributed by atoms with Crippen molar-refractivity contribution in [1.29, 1.82) is 0 Å². The quantitative estimate of drug-likeness (QED) is 0.843. The number of benzene rings is 1. The molecule has 1 aliphatic heterocycles. The van der Waals surface area contributed by atoms with Crippen LogP contribution in [-0.2, 0) is 21.3 Å². The van der Waals surface area contributed by atoms with E-state index in [1.165, 1.54) is 0 Å². The Hall–Kier alpha value is -0.470. The molecule has 1 aromatic rings. The summed E-state index contributed by atoms with van der Waals surface area (Å²) in [6.45, 7) is 4.88. The molecule has 1 fully saturated rings. The van der Waals surface area contributed by atoms with Gasteiger partial charge in [-0.3, -0.25) is 0 Å². The summed E-state index contributed by atoms with van der Waals surface area (Å²) in [5.74, 6) is 0. The van der Waals surface area contributed by atoms with Gasteiger partial charge in [-0.05, 0) is 60.3 Å². The molecule has 1 saturated heterocycles. The van der Waals surface area contributed by atoms with Crippen LogP contribution in [0, 0.1) is 0 Å². The average Bonchev–Trinajstić information content (AvgIpc) is 2.36. The summed E-state index contributed by atoms with van der Waals surface area (Å²) in [6, 6.07) is 4.94. The van der Waals surface area contributed by atoms with Gasteiger partial charge >= 0.3 is 0 Å². The molecule has 0 radical (unpaired) electrons. The summed E-state index contributed by atoms with van der Waals surface area (Å²) in [5.41, 5.74) is 6.14. The zero-order valence-electron chi connectivity index (χ0n) is 12.2. The van der Waals surface area contributed by atoms with Crippen molar-refractivity contribution < 1.29 is 13.2 Å². The summed E-state index contributed by atoms with van der Waals surface area (Å²) in [6.07, 6.45) is 1.34. The number of rotatable bonds is 4. The van der Waals surface area contributed by atoms with Gasteiger partial charge in [0.25, 0.3) is 0 Å². The van der Waals surface area contributed by atoms with Crippen LogP contribution in [0.1, 0.15) is 32.3 Å². The van der Waals surface area contributed by atoms with Gasteiger partial charge in [0.05, 0.1) is 10.5 Å². The fraction of sp³-hybridized carbons (Fsp3) is 0.571. The van der Waals surface area contributed by atoms with E-state index in [1.54, 1.807) is 18.2 Å². The zero-order chi connectivity index (χ0) is 15.7. The number of sulfonamides is 1. The second kappa shape index (κ2) is 6.34. The van der Waals surface area contributed by atoms with Crippen LogP contribution in [0.25, 0.3) is 0 Å². The molecule has 1 atom stereocenters. The molecule has 5 nitrogen and oxygen atoms in total. The topological polar surface area (TPSA) is 81.4 Å². The van der Waals surface area contributed by atoms with E-state index in [1.807, 2.05) is 13.8 Å². The maximum absolute atomic E-state index is 12.5. The van der Waals surface area contributed by atoms with E-state index in [2.05, 4.69) is 20.7 Å². The first-order chi connectivity index (χ1) is 9.73. The first kappa shape index (κ1) is 16.9. The lowest BCUT2D eigenvalue weighted by Crippen LogP contribution is -2.45. The predicted molar refractivity (Wildman–Crippen MR) is 85.4 cm³/mol. The standard InChI is InChI=1S/C14H21BrN2O3S/c1-14(2)8-11(5-6-20-14)17-21(18,19)13-4-3-10(9-16)7-12(13)15/h3-4,7,11,17H,5-6,8-9,16H2,1-2H3. The Morgan fingerprint density at radius 1 is 1.48 bits per heavy atom. The molecule has 0 aliphatic carbocycles. The number of halogens is 1. The van der Waals surface area contributed by atoms with Gasteiger partial charge in [-0.25, -0.2) is 13.1 Å². The highest BCUT2D eigenvalue weighted by Crippen LogP contribution is 2.27. The minimum Gasteiger partial charge on any atom is -0.375 e. The molecule has 0 aromatic heterocycles. The molecule has 1 unspecified atom stereocenters. The third kappa shape index (κ3) is 4.26. The van der Waals surface area contributed by atoms with Crippen molar-refractivity contribution in [2.24, 2.45) is 5.73 Å². The summed E-state index contributed by atoms with van der Waals surface area (Å²) >= 11 is 3.31. The predicted octanol–water partition coefficient (Wildman–Crippen LogP) is 2.14. The number of nitrogens with two attached hydrogens (primary N) is 1. The average molecular weight is 377 g/mol. The number of hydrogen-bond donors (Lipinski definition) is 2. The lowest BCUT2D eigenvalue weighted by Gasteiger charge is -2.35. The van der Waals surface area contributed by atoms with Gasteiger partial charge < -0.3 is 10.5 Å². The first-order valence-electron chi connectivity index (χ1n) is 6.88. The molecule has 0 amide bonds. The van der Waals surface area contributed by atoms with Crippen molar-refractivity contribution in [3.05, 3.63) is 28.2 Å². The van der Waals surface area contributed by atoms with Crippen molar-refractivity contribution >= 4 is 26.0 Å². The summed E-state index contributed by atoms with van der Waals surface area (Å²) < 4.78 is 34.0. The van der Waals surface area contributed by atoms with Gasteiger partial charge in [0.15, 0.2) is 0 Å². The maximum atomic E-state index is 12.5. The SMILES string of the molecule is CC1(C)CC(NS(=O)(=O)c2ccc(CN)cc2Br)CCO1. The van der Waals surface area contributed by atoms with Crippen LogP contribution in [0.4, 0.5) is 0 Å². The molecule has 21 heavy (non-hydrogen) atoms. The molecule has 0 saturated carbocycles. The van der Waals surface area contributed by atoms with E-state index < -0.39 is 10.0 Å². The van der Waals surface area contributed by atoms with Crippen molar-refractivity contribution in [2.45, 2.75) is 49.8 Å². The largest absolute Gasteiger partial charge is 0.375 e. The maximum Gasteiger partial charge on any atom is 0.241 e. The Labute approximate surface area is 134 Å². The van der Waals surface area contributed by atoms with Crippen LogP contribution < -0.4 is 10.5 Å². The molecule has 1 heterocycles. The van der Waals surface area contributed by atoms with E-state index in [0.717, 1.165) is 5.56 Å². The van der Waals surface area contributed by atoms with E-state index in [4.69, 9.17) is 10.5 Å². The summed E-state index contributed by atoms with van der Waals surface area (Å²) in [7, 11) is -3.56. The van der Waals surface area contributed by atoms with Crippen LogP contribution in [0.15, 0.2) is 27.6 Å². The van der Waals surface area contributed by atoms with Gasteiger partial charge in [-0.15, -0.1) is 0 Å². The molecule has 3 N–H and O–H groups in total. The van der Waals surface area contributed by atoms with Crippen LogP contribution in [0.2, 0.25) is 0 Å². The first-order valence-corrected chi connectivity index (χ1v) is 9.16. The Kier molecular flexibility index (Phi) is 5.10. The molecule has 1 aromatic carbocycles. The van der Waals surface area contributed by atoms with Gasteiger partial charge in [0.1, 0.15) is 0 Å². The highest BCUT2D eigenvalue weighted by molar-refractivity contribution is 9.10. The lowest BCUT2D eigenvalue weighted by molar-refractivity contribution is -0.0599. The zero-order valence-corrected chi connectivity index (χ0v) is 14.6. The minimum atomic E-state index is -3.56. The normalized spacial score (nSPS) is 22.2. The number of hydrogen-bond acceptors (Lipinski definition) is 4. The Balaban J connectivity index is 2.19. The Morgan fingerprint density at radius 2 is 2.19 bits per heavy atom. The van der Waals surface area contributed by atoms with Gasteiger partial charge in [-0.2, -0.15) is 0 Å². The van der Waals surface area contributed by atoms with Gasteiger partial charge in [0, 0.05) is 23.7 Å². The molecular weight excluding hydrogens is 356 g/mol. The van der Waals surface area contributed by atoms with Crippen molar-refractivity contribution in [1.82, 2.24) is 4.72 Å². The van der Waals surface area contributed by atoms with E-state index in [-0.39, 0.29) is 16.5 Å². The van der Waals surface area contributed by atoms with E-state index in [9.17, 15) is 8.42 Å². The monoisotopic (exact) mass is 376 g/mol. The Bertz CT molecular complexity index is 617. The fourth-order valence-electron chi connectivity index (χ4n) is 2.50. The molecule has 2 rings (SSSR count). The van der Waals surface area contributed by atoms with E-state index >= 15 is 0 Å². The molecule has 1 aliphatic rings. The number of nitrogens with one attached hydrogen (secondary N) is 1. The van der Waals surface area contributed by atoms with Crippen LogP contribution in [0.5, 0.6) is 0 Å². The smallest absolute Gasteiger partial charge is 0.241 e. The highest BCUT2D eigenvalue weighted by Gasteiger charge is 2.32. The molecule has 118 valence electrons. The van der Waals surface area contributed by atoms with Crippen molar-refractivity contribution in [3.8, 4) is 0 Å². The van der Waals surface area contributed by atoms with Crippen molar-refractivity contribution in [2.75, 3.05) is 6.61 Å². The molecule has 7 heteroatoms. The molecule has 0 bridgehead atoms. The van der Waals surface area contributed by atoms with E-state index in [0.29, 0.717) is 30.5 Å². The van der Waals surface area contributed by atoms with Crippen LogP contribution in [0.3, 0.4) is 0 Å². The van der Waals surface area contributed by atoms with Crippen LogP contribution in [-0.4, -0.2) is 26.7 Å². The third-order valence-electron chi connectivity index (χ3n) is 3.54. The van der Waals surface area contributed by atoms with Gasteiger partial charge in [-0.1, -0.05) is 6.07 Å². The second-order valence-electron chi connectivity index (χ2n) is 5.89. The third-order valence-corrected chi connectivity index (χ3v) is 6.04. The highest BCUT2D eigenvalue weighted by atomic mass is 79.9. The van der Waals surface area contributed by atoms with Crippen molar-refractivity contribution in [3.63, 3.8) is 0 Å². The minimum absolute atomic E-state index is 0.111.